The Morgan fingerprint density at radius 1 is 0.882 bits per heavy atom. The molecule has 0 fully saturated rings. The van der Waals surface area contributed by atoms with Gasteiger partial charge < -0.3 is 5.32 Å². The van der Waals surface area contributed by atoms with Crippen LogP contribution < -0.4 is 10.8 Å². The summed E-state index contributed by atoms with van der Waals surface area (Å²) in [7, 11) is 0. The van der Waals surface area contributed by atoms with Crippen LogP contribution in [0.5, 0.6) is 0 Å². The summed E-state index contributed by atoms with van der Waals surface area (Å²) < 4.78 is 0. The molecule has 0 saturated carbocycles. The van der Waals surface area contributed by atoms with Crippen LogP contribution in [0.3, 0.4) is 0 Å². The lowest BCUT2D eigenvalue weighted by Gasteiger charge is -2.09. The average Bonchev–Trinajstić information content (AvgIpc) is 2.40. The zero-order valence-electron chi connectivity index (χ0n) is 9.05. The normalized spacial score (nSPS) is 9.71. The van der Waals surface area contributed by atoms with Gasteiger partial charge in [-0.3, -0.25) is 15.5 Å². The maximum absolute atomic E-state index is 11.9. The van der Waals surface area contributed by atoms with Crippen molar-refractivity contribution in [1.82, 2.24) is 0 Å². The van der Waals surface area contributed by atoms with Gasteiger partial charge in [-0.2, -0.15) is 0 Å². The Balaban J connectivity index is 2.19. The quantitative estimate of drug-likeness (QED) is 0.708. The van der Waals surface area contributed by atoms with Crippen LogP contribution in [0.2, 0.25) is 0 Å². The molecule has 2 aromatic rings. The van der Waals surface area contributed by atoms with Crippen molar-refractivity contribution >= 4 is 17.3 Å². The van der Waals surface area contributed by atoms with Crippen LogP contribution in [0.1, 0.15) is 10.4 Å². The zero-order chi connectivity index (χ0) is 12.1. The van der Waals surface area contributed by atoms with Gasteiger partial charge in [0.1, 0.15) is 0 Å². The van der Waals surface area contributed by atoms with Gasteiger partial charge >= 0.3 is 0 Å². The van der Waals surface area contributed by atoms with E-state index in [-0.39, 0.29) is 5.91 Å². The Morgan fingerprint density at radius 3 is 2.12 bits per heavy atom. The first-order chi connectivity index (χ1) is 8.31. The van der Waals surface area contributed by atoms with Gasteiger partial charge in [-0.05, 0) is 24.3 Å². The number of carbonyl (C=O) groups excluding carboxylic acids is 1. The molecule has 0 bridgehead atoms. The first-order valence-electron chi connectivity index (χ1n) is 5.17. The van der Waals surface area contributed by atoms with Crippen LogP contribution >= 0.6 is 0 Å². The van der Waals surface area contributed by atoms with E-state index in [0.717, 1.165) is 0 Å². The van der Waals surface area contributed by atoms with Crippen LogP contribution in [0.25, 0.3) is 0 Å². The number of benzene rings is 2. The van der Waals surface area contributed by atoms with Crippen molar-refractivity contribution in [1.29, 1.82) is 0 Å². The standard InChI is InChI=1S/C13H12N2O2/c16-13(10-6-2-1-3-7-10)14-11-8-4-5-9-12(11)15-17/h1-9,15,17H,(H,14,16). The molecule has 17 heavy (non-hydrogen) atoms. The Morgan fingerprint density at radius 2 is 1.47 bits per heavy atom. The molecule has 0 heterocycles. The predicted molar refractivity (Wildman–Crippen MR) is 66.2 cm³/mol. The minimum Gasteiger partial charge on any atom is -0.320 e. The monoisotopic (exact) mass is 228 g/mol. The van der Waals surface area contributed by atoms with Gasteiger partial charge in [-0.1, -0.05) is 30.3 Å². The van der Waals surface area contributed by atoms with Gasteiger partial charge in [-0.15, -0.1) is 0 Å². The number of carbonyl (C=O) groups is 1. The summed E-state index contributed by atoms with van der Waals surface area (Å²) in [6.45, 7) is 0. The van der Waals surface area contributed by atoms with Crippen LogP contribution in [0.15, 0.2) is 54.6 Å². The SMILES string of the molecule is O=C(Nc1ccccc1NO)c1ccccc1. The van der Waals surface area contributed by atoms with Crippen molar-refractivity contribution in [3.8, 4) is 0 Å². The third-order valence-corrected chi connectivity index (χ3v) is 2.33. The first-order valence-corrected chi connectivity index (χ1v) is 5.17. The van der Waals surface area contributed by atoms with Gasteiger partial charge in [0.15, 0.2) is 0 Å². The van der Waals surface area contributed by atoms with Gasteiger partial charge in [-0.25, -0.2) is 0 Å². The lowest BCUT2D eigenvalue weighted by molar-refractivity contribution is 0.102. The van der Waals surface area contributed by atoms with Gasteiger partial charge in [0.2, 0.25) is 0 Å². The number of para-hydroxylation sites is 2. The summed E-state index contributed by atoms with van der Waals surface area (Å²) in [5.41, 5.74) is 3.59. The molecule has 0 aromatic heterocycles. The molecule has 4 nitrogen and oxygen atoms in total. The number of nitrogens with one attached hydrogen (secondary N) is 2. The molecule has 0 unspecified atom stereocenters. The molecule has 0 spiro atoms. The first kappa shape index (κ1) is 11.2. The second-order valence-corrected chi connectivity index (χ2v) is 3.48. The summed E-state index contributed by atoms with van der Waals surface area (Å²) in [6, 6.07) is 15.8. The van der Waals surface area contributed by atoms with E-state index in [1.165, 1.54) is 0 Å². The lowest BCUT2D eigenvalue weighted by atomic mass is 10.2. The van der Waals surface area contributed by atoms with E-state index in [2.05, 4.69) is 5.32 Å². The lowest BCUT2D eigenvalue weighted by Crippen LogP contribution is -2.12. The van der Waals surface area contributed by atoms with Crippen LogP contribution in [0.4, 0.5) is 11.4 Å². The Labute approximate surface area is 98.9 Å². The highest BCUT2D eigenvalue weighted by atomic mass is 16.5. The van der Waals surface area contributed by atoms with Crippen LogP contribution in [0, 0.1) is 0 Å². The number of amides is 1. The summed E-state index contributed by atoms with van der Waals surface area (Å²) >= 11 is 0. The average molecular weight is 228 g/mol. The van der Waals surface area contributed by atoms with Crippen molar-refractivity contribution in [2.75, 3.05) is 10.8 Å². The van der Waals surface area contributed by atoms with E-state index in [9.17, 15) is 4.79 Å². The third-order valence-electron chi connectivity index (χ3n) is 2.33. The molecule has 4 heteroatoms. The largest absolute Gasteiger partial charge is 0.320 e. The molecule has 2 aromatic carbocycles. The van der Waals surface area contributed by atoms with Gasteiger partial charge in [0, 0.05) is 5.56 Å². The number of rotatable bonds is 3. The molecular formula is C13H12N2O2. The molecule has 0 radical (unpaired) electrons. The fourth-order valence-electron chi connectivity index (χ4n) is 1.47. The molecule has 0 aliphatic rings. The number of hydrogen-bond donors (Lipinski definition) is 3. The van der Waals surface area contributed by atoms with Crippen LogP contribution in [-0.2, 0) is 0 Å². The Hall–Kier alpha value is -2.33. The van der Waals surface area contributed by atoms with E-state index < -0.39 is 0 Å². The maximum atomic E-state index is 11.9. The molecule has 1 amide bonds. The van der Waals surface area contributed by atoms with Gasteiger partial charge in [0.05, 0.1) is 11.4 Å². The van der Waals surface area contributed by atoms with E-state index in [1.807, 2.05) is 11.5 Å². The smallest absolute Gasteiger partial charge is 0.255 e. The molecule has 86 valence electrons. The fraction of sp³-hybridized carbons (Fsp3) is 0. The summed E-state index contributed by atoms with van der Waals surface area (Å²) in [5.74, 6) is -0.215. The van der Waals surface area contributed by atoms with Crippen molar-refractivity contribution in [3.05, 3.63) is 60.2 Å². The number of hydrogen-bond acceptors (Lipinski definition) is 3. The highest BCUT2D eigenvalue weighted by Crippen LogP contribution is 2.20. The predicted octanol–water partition coefficient (Wildman–Crippen LogP) is 2.74. The molecular weight excluding hydrogens is 216 g/mol. The van der Waals surface area contributed by atoms with Crippen LogP contribution in [-0.4, -0.2) is 11.1 Å². The van der Waals surface area contributed by atoms with Crippen molar-refractivity contribution in [2.24, 2.45) is 0 Å². The van der Waals surface area contributed by atoms with Crippen molar-refractivity contribution in [3.63, 3.8) is 0 Å². The van der Waals surface area contributed by atoms with E-state index in [0.29, 0.717) is 16.9 Å². The zero-order valence-corrected chi connectivity index (χ0v) is 9.05. The molecule has 0 aliphatic heterocycles. The fourth-order valence-corrected chi connectivity index (χ4v) is 1.47. The minimum atomic E-state index is -0.215. The minimum absolute atomic E-state index is 0.215. The highest BCUT2D eigenvalue weighted by molar-refractivity contribution is 6.05. The Bertz CT molecular complexity index is 512. The van der Waals surface area contributed by atoms with E-state index in [4.69, 9.17) is 5.21 Å². The summed E-state index contributed by atoms with van der Waals surface area (Å²) in [4.78, 5) is 11.9. The molecule has 0 aliphatic carbocycles. The maximum Gasteiger partial charge on any atom is 0.255 e. The van der Waals surface area contributed by atoms with Crippen molar-refractivity contribution in [2.45, 2.75) is 0 Å². The third kappa shape index (κ3) is 2.62. The molecule has 2 rings (SSSR count). The van der Waals surface area contributed by atoms with E-state index in [1.54, 1.807) is 48.5 Å². The number of anilines is 2. The van der Waals surface area contributed by atoms with Gasteiger partial charge in [0.25, 0.3) is 5.91 Å². The van der Waals surface area contributed by atoms with E-state index >= 15 is 0 Å². The highest BCUT2D eigenvalue weighted by Gasteiger charge is 2.07. The topological polar surface area (TPSA) is 61.4 Å². The summed E-state index contributed by atoms with van der Waals surface area (Å²) in [5, 5.41) is 11.6. The summed E-state index contributed by atoms with van der Waals surface area (Å²) in [6.07, 6.45) is 0. The second kappa shape index (κ2) is 5.14. The Kier molecular flexibility index (Phi) is 3.37. The second-order valence-electron chi connectivity index (χ2n) is 3.48. The molecule has 0 atom stereocenters. The van der Waals surface area contributed by atoms with Crippen molar-refractivity contribution < 1.29 is 10.0 Å². The molecule has 3 N–H and O–H groups in total. The molecule has 0 saturated heterocycles.